The monoisotopic (exact) mass is 356 g/mol. The van der Waals surface area contributed by atoms with Gasteiger partial charge in [0.05, 0.1) is 6.10 Å². The first-order chi connectivity index (χ1) is 12.1. The molecule has 4 heteroatoms. The summed E-state index contributed by atoms with van der Waals surface area (Å²) in [5, 5.41) is 7.23. The Bertz CT molecular complexity index is 641. The first-order valence-electron chi connectivity index (χ1n) is 8.92. The molecule has 2 aromatic carbocycles. The van der Waals surface area contributed by atoms with Crippen LogP contribution in [0.25, 0.3) is 0 Å². The molecule has 25 heavy (non-hydrogen) atoms. The van der Waals surface area contributed by atoms with Gasteiger partial charge in [0, 0.05) is 12.2 Å². The van der Waals surface area contributed by atoms with E-state index >= 15 is 0 Å². The Morgan fingerprint density at radius 2 is 1.72 bits per heavy atom. The largest absolute Gasteiger partial charge is 0.491 e. The highest BCUT2D eigenvalue weighted by Gasteiger charge is 2.08. The second-order valence-electron chi connectivity index (χ2n) is 6.49. The normalized spacial score (nSPS) is 11.8. The molecular weight excluding hydrogens is 328 g/mol. The molecule has 2 rings (SSSR count). The van der Waals surface area contributed by atoms with Crippen LogP contribution in [0.15, 0.2) is 54.6 Å². The van der Waals surface area contributed by atoms with Crippen molar-refractivity contribution in [2.24, 2.45) is 5.92 Å². The van der Waals surface area contributed by atoms with E-state index in [2.05, 4.69) is 47.9 Å². The number of hydrogen-bond acceptors (Lipinski definition) is 2. The molecule has 0 aliphatic heterocycles. The van der Waals surface area contributed by atoms with Crippen LogP contribution in [0.2, 0.25) is 0 Å². The van der Waals surface area contributed by atoms with E-state index < -0.39 is 0 Å². The highest BCUT2D eigenvalue weighted by atomic mass is 32.1. The van der Waals surface area contributed by atoms with Crippen molar-refractivity contribution in [3.63, 3.8) is 0 Å². The molecule has 0 bridgehead atoms. The molecule has 0 unspecified atom stereocenters. The van der Waals surface area contributed by atoms with E-state index in [1.807, 2.05) is 38.1 Å². The number of rotatable bonds is 8. The number of benzene rings is 2. The fraction of sp³-hybridized carbons (Fsp3) is 0.381. The van der Waals surface area contributed by atoms with E-state index in [-0.39, 0.29) is 6.10 Å². The molecule has 0 aliphatic rings. The molecule has 0 radical (unpaired) electrons. The Morgan fingerprint density at radius 3 is 2.32 bits per heavy atom. The molecule has 0 fully saturated rings. The lowest BCUT2D eigenvalue weighted by Gasteiger charge is -2.18. The number of thiocarbonyl (C=S) groups is 1. The molecule has 2 N–H and O–H groups in total. The first-order valence-corrected chi connectivity index (χ1v) is 9.33. The fourth-order valence-corrected chi connectivity index (χ4v) is 2.81. The van der Waals surface area contributed by atoms with E-state index in [4.69, 9.17) is 17.0 Å². The molecule has 0 spiro atoms. The summed E-state index contributed by atoms with van der Waals surface area (Å²) in [4.78, 5) is 0. The van der Waals surface area contributed by atoms with Crippen molar-refractivity contribution < 1.29 is 4.74 Å². The third-order valence-corrected chi connectivity index (χ3v) is 4.23. The Morgan fingerprint density at radius 1 is 1.04 bits per heavy atom. The molecular formula is C21H28N2OS. The molecule has 0 aliphatic carbocycles. The second kappa shape index (κ2) is 10.0. The summed E-state index contributed by atoms with van der Waals surface area (Å²) in [6, 6.07) is 18.5. The van der Waals surface area contributed by atoms with Crippen molar-refractivity contribution in [2.45, 2.75) is 39.7 Å². The van der Waals surface area contributed by atoms with E-state index in [0.717, 1.165) is 30.8 Å². The van der Waals surface area contributed by atoms with Crippen molar-refractivity contribution in [3.8, 4) is 5.75 Å². The number of hydrogen-bond donors (Lipinski definition) is 2. The van der Waals surface area contributed by atoms with Crippen LogP contribution in [-0.2, 0) is 6.42 Å². The van der Waals surface area contributed by atoms with Crippen LogP contribution >= 0.6 is 12.2 Å². The van der Waals surface area contributed by atoms with Crippen LogP contribution < -0.4 is 15.4 Å². The van der Waals surface area contributed by atoms with Gasteiger partial charge in [-0.25, -0.2) is 0 Å². The van der Waals surface area contributed by atoms with E-state index in [9.17, 15) is 0 Å². The predicted molar refractivity (Wildman–Crippen MR) is 110 cm³/mol. The van der Waals surface area contributed by atoms with Gasteiger partial charge in [0.25, 0.3) is 0 Å². The molecule has 1 atom stereocenters. The molecule has 0 amide bonds. The summed E-state index contributed by atoms with van der Waals surface area (Å²) in [7, 11) is 0. The smallest absolute Gasteiger partial charge is 0.170 e. The van der Waals surface area contributed by atoms with Crippen LogP contribution in [0.5, 0.6) is 5.75 Å². The molecule has 0 saturated carbocycles. The molecule has 134 valence electrons. The lowest BCUT2D eigenvalue weighted by Crippen LogP contribution is -2.33. The van der Waals surface area contributed by atoms with Crippen LogP contribution in [0.3, 0.4) is 0 Å². The van der Waals surface area contributed by atoms with E-state index in [1.165, 1.54) is 5.56 Å². The number of ether oxygens (including phenoxy) is 1. The fourth-order valence-electron chi connectivity index (χ4n) is 2.61. The zero-order valence-electron chi connectivity index (χ0n) is 15.3. The molecule has 3 nitrogen and oxygen atoms in total. The van der Waals surface area contributed by atoms with Gasteiger partial charge in [0.2, 0.25) is 0 Å². The quantitative estimate of drug-likeness (QED) is 0.650. The van der Waals surface area contributed by atoms with Gasteiger partial charge in [-0.05, 0) is 68.2 Å². The van der Waals surface area contributed by atoms with E-state index in [0.29, 0.717) is 11.0 Å². The average Bonchev–Trinajstić information content (AvgIpc) is 2.60. The van der Waals surface area contributed by atoms with Crippen LogP contribution in [-0.4, -0.2) is 17.8 Å². The summed E-state index contributed by atoms with van der Waals surface area (Å²) in [6.07, 6.45) is 2.36. The molecule has 0 saturated heterocycles. The van der Waals surface area contributed by atoms with Crippen molar-refractivity contribution in [1.82, 2.24) is 5.32 Å². The van der Waals surface area contributed by atoms with Crippen molar-refractivity contribution in [1.29, 1.82) is 0 Å². The third kappa shape index (κ3) is 7.14. The van der Waals surface area contributed by atoms with Gasteiger partial charge in [-0.3, -0.25) is 0 Å². The highest BCUT2D eigenvalue weighted by Crippen LogP contribution is 2.17. The minimum absolute atomic E-state index is 0.178. The third-order valence-electron chi connectivity index (χ3n) is 3.98. The molecule has 0 heterocycles. The van der Waals surface area contributed by atoms with Gasteiger partial charge in [-0.15, -0.1) is 0 Å². The number of nitrogens with one attached hydrogen (secondary N) is 2. The zero-order chi connectivity index (χ0) is 18.1. The topological polar surface area (TPSA) is 33.3 Å². The summed E-state index contributed by atoms with van der Waals surface area (Å²) in [5.74, 6) is 1.43. The summed E-state index contributed by atoms with van der Waals surface area (Å²) in [6.45, 7) is 7.13. The first kappa shape index (κ1) is 19.3. The maximum absolute atomic E-state index is 5.65. The Labute approximate surface area is 156 Å². The minimum atomic E-state index is 0.178. The van der Waals surface area contributed by atoms with Crippen molar-refractivity contribution >= 4 is 23.0 Å². The summed E-state index contributed by atoms with van der Waals surface area (Å²) in [5.41, 5.74) is 2.33. The maximum atomic E-state index is 5.65. The van der Waals surface area contributed by atoms with Gasteiger partial charge in [0.1, 0.15) is 5.75 Å². The van der Waals surface area contributed by atoms with Crippen molar-refractivity contribution in [3.05, 3.63) is 60.2 Å². The lowest BCUT2D eigenvalue weighted by molar-refractivity contribution is 0.242. The highest BCUT2D eigenvalue weighted by molar-refractivity contribution is 7.80. The number of anilines is 1. The van der Waals surface area contributed by atoms with Gasteiger partial charge in [0.15, 0.2) is 5.11 Å². The molecule has 2 aromatic rings. The van der Waals surface area contributed by atoms with Gasteiger partial charge < -0.3 is 15.4 Å². The Kier molecular flexibility index (Phi) is 7.74. The second-order valence-corrected chi connectivity index (χ2v) is 6.90. The Balaban J connectivity index is 1.79. The predicted octanol–water partition coefficient (Wildman–Crippen LogP) is 5.03. The summed E-state index contributed by atoms with van der Waals surface area (Å²) < 4.78 is 5.65. The van der Waals surface area contributed by atoms with Gasteiger partial charge in [-0.2, -0.15) is 0 Å². The van der Waals surface area contributed by atoms with E-state index in [1.54, 1.807) is 0 Å². The van der Waals surface area contributed by atoms with Gasteiger partial charge in [-0.1, -0.05) is 43.7 Å². The zero-order valence-corrected chi connectivity index (χ0v) is 16.1. The SMILES string of the molecule is CC[C@H](CNC(=S)Nc1ccc(OC(C)C)cc1)Cc1ccccc1. The van der Waals surface area contributed by atoms with Crippen molar-refractivity contribution in [2.75, 3.05) is 11.9 Å². The maximum Gasteiger partial charge on any atom is 0.170 e. The minimum Gasteiger partial charge on any atom is -0.491 e. The van der Waals surface area contributed by atoms with Crippen LogP contribution in [0.4, 0.5) is 5.69 Å². The average molecular weight is 357 g/mol. The molecule has 0 aromatic heterocycles. The lowest BCUT2D eigenvalue weighted by atomic mass is 9.97. The van der Waals surface area contributed by atoms with Crippen LogP contribution in [0, 0.1) is 5.92 Å². The van der Waals surface area contributed by atoms with Gasteiger partial charge >= 0.3 is 0 Å². The standard InChI is InChI=1S/C21H28N2OS/c1-4-17(14-18-8-6-5-7-9-18)15-22-21(25)23-19-10-12-20(13-11-19)24-16(2)3/h5-13,16-17H,4,14-15H2,1-3H3,(H2,22,23,25)/t17-/m0/s1. The summed E-state index contributed by atoms with van der Waals surface area (Å²) >= 11 is 5.42. The Hall–Kier alpha value is -2.07. The van der Waals surface area contributed by atoms with Crippen LogP contribution in [0.1, 0.15) is 32.8 Å².